The summed E-state index contributed by atoms with van der Waals surface area (Å²) in [6.45, 7) is 4.40. The SMILES string of the molecule is C=CC(=O)N(CCCOc1ccc(C[C@H](Nc2ccccc2C(=O)c2ccccc2)C(=O)O)cc1)c1cccc(OC)c1. The fourth-order valence-corrected chi connectivity index (χ4v) is 4.57. The summed E-state index contributed by atoms with van der Waals surface area (Å²) in [5, 5.41) is 13.0. The molecule has 8 nitrogen and oxygen atoms in total. The summed E-state index contributed by atoms with van der Waals surface area (Å²) in [4.78, 5) is 39.3. The Balaban J connectivity index is 1.34. The summed E-state index contributed by atoms with van der Waals surface area (Å²) in [6.07, 6.45) is 2.05. The maximum absolute atomic E-state index is 13.1. The van der Waals surface area contributed by atoms with Gasteiger partial charge in [-0.15, -0.1) is 0 Å². The molecule has 1 amide bonds. The van der Waals surface area contributed by atoms with Crippen molar-refractivity contribution < 1.29 is 29.0 Å². The lowest BCUT2D eigenvalue weighted by Crippen LogP contribution is -2.32. The number of anilines is 2. The van der Waals surface area contributed by atoms with E-state index in [1.54, 1.807) is 78.7 Å². The maximum atomic E-state index is 13.1. The lowest BCUT2D eigenvalue weighted by atomic mass is 10.00. The van der Waals surface area contributed by atoms with Crippen LogP contribution in [0.2, 0.25) is 0 Å². The third-order valence-electron chi connectivity index (χ3n) is 6.80. The van der Waals surface area contributed by atoms with Crippen LogP contribution in [0.5, 0.6) is 11.5 Å². The van der Waals surface area contributed by atoms with E-state index in [0.29, 0.717) is 53.6 Å². The van der Waals surface area contributed by atoms with E-state index in [1.165, 1.54) is 6.08 Å². The first-order chi connectivity index (χ1) is 20.9. The van der Waals surface area contributed by atoms with Crippen LogP contribution >= 0.6 is 0 Å². The quantitative estimate of drug-likeness (QED) is 0.101. The van der Waals surface area contributed by atoms with Gasteiger partial charge in [-0.1, -0.05) is 67.2 Å². The number of methoxy groups -OCH3 is 1. The van der Waals surface area contributed by atoms with Crippen LogP contribution in [0.3, 0.4) is 0 Å². The molecule has 220 valence electrons. The minimum Gasteiger partial charge on any atom is -0.497 e. The lowest BCUT2D eigenvalue weighted by molar-refractivity contribution is -0.137. The molecule has 43 heavy (non-hydrogen) atoms. The fourth-order valence-electron chi connectivity index (χ4n) is 4.57. The number of amides is 1. The maximum Gasteiger partial charge on any atom is 0.326 e. The molecule has 0 fully saturated rings. The summed E-state index contributed by atoms with van der Waals surface area (Å²) >= 11 is 0. The fraction of sp³-hybridized carbons (Fsp3) is 0.171. The van der Waals surface area contributed by atoms with Gasteiger partial charge in [-0.3, -0.25) is 9.59 Å². The molecule has 0 bridgehead atoms. The zero-order valence-electron chi connectivity index (χ0n) is 23.9. The largest absolute Gasteiger partial charge is 0.497 e. The van der Waals surface area contributed by atoms with E-state index >= 15 is 0 Å². The molecule has 8 heteroatoms. The van der Waals surface area contributed by atoms with E-state index in [4.69, 9.17) is 9.47 Å². The van der Waals surface area contributed by atoms with Crippen molar-refractivity contribution >= 4 is 29.0 Å². The van der Waals surface area contributed by atoms with Crippen molar-refractivity contribution in [2.75, 3.05) is 30.5 Å². The van der Waals surface area contributed by atoms with Crippen molar-refractivity contribution in [2.45, 2.75) is 18.9 Å². The third kappa shape index (κ3) is 8.33. The van der Waals surface area contributed by atoms with Gasteiger partial charge in [-0.2, -0.15) is 0 Å². The number of rotatable bonds is 15. The molecule has 0 spiro atoms. The number of carbonyl (C=O) groups excluding carboxylic acids is 2. The summed E-state index contributed by atoms with van der Waals surface area (Å²) in [5.74, 6) is -0.149. The molecule has 0 radical (unpaired) electrons. The first-order valence-electron chi connectivity index (χ1n) is 13.9. The Morgan fingerprint density at radius 1 is 0.907 bits per heavy atom. The zero-order chi connectivity index (χ0) is 30.6. The van der Waals surface area contributed by atoms with Gasteiger partial charge in [-0.05, 0) is 54.5 Å². The number of carbonyl (C=O) groups is 3. The van der Waals surface area contributed by atoms with Crippen molar-refractivity contribution in [3.05, 3.63) is 132 Å². The molecule has 0 saturated carbocycles. The predicted molar refractivity (Wildman–Crippen MR) is 167 cm³/mol. The highest BCUT2D eigenvalue weighted by molar-refractivity contribution is 6.12. The first kappa shape index (κ1) is 30.6. The van der Waals surface area contributed by atoms with Crippen LogP contribution in [0.1, 0.15) is 27.9 Å². The lowest BCUT2D eigenvalue weighted by Gasteiger charge is -2.22. The zero-order valence-corrected chi connectivity index (χ0v) is 23.9. The van der Waals surface area contributed by atoms with Crippen LogP contribution in [0, 0.1) is 0 Å². The van der Waals surface area contributed by atoms with Crippen molar-refractivity contribution in [1.29, 1.82) is 0 Å². The topological polar surface area (TPSA) is 105 Å². The van der Waals surface area contributed by atoms with E-state index in [-0.39, 0.29) is 18.1 Å². The molecular formula is C35H34N2O6. The molecule has 0 aliphatic rings. The Morgan fingerprint density at radius 2 is 1.63 bits per heavy atom. The van der Waals surface area contributed by atoms with E-state index < -0.39 is 12.0 Å². The smallest absolute Gasteiger partial charge is 0.326 e. The molecular weight excluding hydrogens is 544 g/mol. The van der Waals surface area contributed by atoms with E-state index in [2.05, 4.69) is 11.9 Å². The number of ketones is 1. The van der Waals surface area contributed by atoms with Crippen LogP contribution in [0.25, 0.3) is 0 Å². The van der Waals surface area contributed by atoms with Crippen molar-refractivity contribution in [3.8, 4) is 11.5 Å². The van der Waals surface area contributed by atoms with E-state index in [9.17, 15) is 19.5 Å². The highest BCUT2D eigenvalue weighted by atomic mass is 16.5. The molecule has 0 aliphatic carbocycles. The van der Waals surface area contributed by atoms with Gasteiger partial charge in [0.05, 0.1) is 13.7 Å². The summed E-state index contributed by atoms with van der Waals surface area (Å²) in [6, 6.07) is 29.3. The number of benzene rings is 4. The molecule has 4 aromatic rings. The minimum atomic E-state index is -1.03. The minimum absolute atomic E-state index is 0.185. The molecule has 1 atom stereocenters. The number of nitrogens with zero attached hydrogens (tertiary/aromatic N) is 1. The Labute approximate surface area is 251 Å². The molecule has 2 N–H and O–H groups in total. The second-order valence-electron chi connectivity index (χ2n) is 9.72. The summed E-state index contributed by atoms with van der Waals surface area (Å²) < 4.78 is 11.2. The molecule has 4 aromatic carbocycles. The molecule has 0 aliphatic heterocycles. The number of carboxylic acid groups (broad SMARTS) is 1. The third-order valence-corrected chi connectivity index (χ3v) is 6.80. The van der Waals surface area contributed by atoms with Crippen LogP contribution in [-0.2, 0) is 16.0 Å². The Morgan fingerprint density at radius 3 is 2.33 bits per heavy atom. The number of ether oxygens (including phenoxy) is 2. The van der Waals surface area contributed by atoms with Gasteiger partial charge in [0.25, 0.3) is 0 Å². The van der Waals surface area contributed by atoms with Gasteiger partial charge < -0.3 is 24.8 Å². The first-order valence-corrected chi connectivity index (χ1v) is 13.9. The number of hydrogen-bond donors (Lipinski definition) is 2. The summed E-state index contributed by atoms with van der Waals surface area (Å²) in [5.41, 5.74) is 2.90. The van der Waals surface area contributed by atoms with Gasteiger partial charge in [0.1, 0.15) is 17.5 Å². The molecule has 0 aromatic heterocycles. The number of para-hydroxylation sites is 1. The molecule has 0 heterocycles. The van der Waals surface area contributed by atoms with Crippen LogP contribution in [0.15, 0.2) is 116 Å². The van der Waals surface area contributed by atoms with Gasteiger partial charge >= 0.3 is 5.97 Å². The Hall–Kier alpha value is -5.37. The molecule has 0 saturated heterocycles. The molecule has 4 rings (SSSR count). The Bertz CT molecular complexity index is 1550. The average molecular weight is 579 g/mol. The monoisotopic (exact) mass is 578 g/mol. The second-order valence-corrected chi connectivity index (χ2v) is 9.72. The Kier molecular flexibility index (Phi) is 10.7. The van der Waals surface area contributed by atoms with Gasteiger partial charge in [0.2, 0.25) is 5.91 Å². The highest BCUT2D eigenvalue weighted by Gasteiger charge is 2.21. The van der Waals surface area contributed by atoms with Gasteiger partial charge in [-0.25, -0.2) is 4.79 Å². The second kappa shape index (κ2) is 15.0. The average Bonchev–Trinajstić information content (AvgIpc) is 3.05. The van der Waals surface area contributed by atoms with Crippen molar-refractivity contribution in [3.63, 3.8) is 0 Å². The van der Waals surface area contributed by atoms with Crippen molar-refractivity contribution in [1.82, 2.24) is 0 Å². The number of hydrogen-bond acceptors (Lipinski definition) is 6. The molecule has 0 unspecified atom stereocenters. The highest BCUT2D eigenvalue weighted by Crippen LogP contribution is 2.23. The number of aliphatic carboxylic acids is 1. The van der Waals surface area contributed by atoms with Gasteiger partial charge in [0, 0.05) is 41.5 Å². The number of carboxylic acids is 1. The van der Waals surface area contributed by atoms with Crippen LogP contribution in [0.4, 0.5) is 11.4 Å². The summed E-state index contributed by atoms with van der Waals surface area (Å²) in [7, 11) is 1.57. The van der Waals surface area contributed by atoms with Gasteiger partial charge in [0.15, 0.2) is 5.78 Å². The van der Waals surface area contributed by atoms with E-state index in [1.807, 2.05) is 36.4 Å². The van der Waals surface area contributed by atoms with Crippen LogP contribution < -0.4 is 19.7 Å². The normalized spacial score (nSPS) is 11.2. The number of nitrogens with one attached hydrogen (secondary N) is 1. The standard InChI is InChI=1S/C35H34N2O6/c1-3-33(38)37(27-13-9-14-29(24-27)42-2)21-10-22-43-28-19-17-25(18-20-28)23-32(35(40)41)36-31-16-8-7-15-30(31)34(39)26-11-5-4-6-12-26/h3-9,11-20,24,32,36H,1,10,21-23H2,2H3,(H,40,41)/t32-/m0/s1. The predicted octanol–water partition coefficient (Wildman–Crippen LogP) is 6.02. The van der Waals surface area contributed by atoms with E-state index in [0.717, 1.165) is 5.56 Å². The van der Waals surface area contributed by atoms with Crippen LogP contribution in [-0.4, -0.2) is 49.1 Å². The van der Waals surface area contributed by atoms with Crippen molar-refractivity contribution in [2.24, 2.45) is 0 Å².